The largest absolute Gasteiger partial charge is 0.353 e. The molecule has 124 valence electrons. The van der Waals surface area contributed by atoms with Crippen molar-refractivity contribution in [2.24, 2.45) is 0 Å². The normalized spacial score (nSPS) is 20.8. The third-order valence-corrected chi connectivity index (χ3v) is 4.15. The van der Waals surface area contributed by atoms with Crippen LogP contribution in [-0.2, 0) is 19.6 Å². The van der Waals surface area contributed by atoms with Gasteiger partial charge < -0.3 is 9.47 Å². The second-order valence-corrected chi connectivity index (χ2v) is 6.73. The molecule has 0 radical (unpaired) electrons. The Labute approximate surface area is 128 Å². The van der Waals surface area contributed by atoms with E-state index >= 15 is 0 Å². The van der Waals surface area contributed by atoms with E-state index in [0.717, 1.165) is 18.9 Å². The highest BCUT2D eigenvalue weighted by molar-refractivity contribution is 7.85. The van der Waals surface area contributed by atoms with Crippen LogP contribution in [0, 0.1) is 11.6 Å². The summed E-state index contributed by atoms with van der Waals surface area (Å²) in [4.78, 5) is 0. The van der Waals surface area contributed by atoms with Crippen molar-refractivity contribution in [1.82, 2.24) is 0 Å². The topological polar surface area (TPSA) is 72.8 Å². The van der Waals surface area contributed by atoms with Gasteiger partial charge in [-0.15, -0.1) is 0 Å². The zero-order valence-electron chi connectivity index (χ0n) is 11.9. The molecule has 22 heavy (non-hydrogen) atoms. The molecule has 1 aromatic carbocycles. The third-order valence-electron chi connectivity index (χ3n) is 3.40. The van der Waals surface area contributed by atoms with Crippen molar-refractivity contribution >= 4 is 10.1 Å². The van der Waals surface area contributed by atoms with Crippen LogP contribution in [0.2, 0.25) is 0 Å². The van der Waals surface area contributed by atoms with E-state index in [9.17, 15) is 17.2 Å². The van der Waals surface area contributed by atoms with Gasteiger partial charge in [0.15, 0.2) is 6.29 Å². The number of rotatable bonds is 6. The van der Waals surface area contributed by atoms with Gasteiger partial charge in [-0.05, 0) is 31.7 Å². The lowest BCUT2D eigenvalue weighted by Crippen LogP contribution is -2.26. The van der Waals surface area contributed by atoms with Crippen molar-refractivity contribution in [3.05, 3.63) is 35.4 Å². The van der Waals surface area contributed by atoms with Gasteiger partial charge in [0.25, 0.3) is 10.1 Å². The molecule has 0 spiro atoms. The zero-order valence-corrected chi connectivity index (χ0v) is 12.7. The van der Waals surface area contributed by atoms with Gasteiger partial charge in [0.1, 0.15) is 11.6 Å². The monoisotopic (exact) mass is 336 g/mol. The van der Waals surface area contributed by atoms with Crippen molar-refractivity contribution in [3.63, 3.8) is 0 Å². The van der Waals surface area contributed by atoms with E-state index in [4.69, 9.17) is 14.0 Å². The van der Waals surface area contributed by atoms with Crippen LogP contribution in [-0.4, -0.2) is 31.6 Å². The minimum Gasteiger partial charge on any atom is -0.353 e. The maximum Gasteiger partial charge on any atom is 0.264 e. The van der Waals surface area contributed by atoms with Crippen LogP contribution in [0.4, 0.5) is 8.78 Å². The molecule has 0 amide bonds. The molecule has 1 N–H and O–H groups in total. The number of hydrogen-bond acceptors (Lipinski definition) is 4. The summed E-state index contributed by atoms with van der Waals surface area (Å²) in [5.74, 6) is -2.14. The lowest BCUT2D eigenvalue weighted by Gasteiger charge is -2.28. The summed E-state index contributed by atoms with van der Waals surface area (Å²) in [6.07, 6.45) is 0.754. The zero-order chi connectivity index (χ0) is 16.2. The molecule has 5 nitrogen and oxygen atoms in total. The molecule has 0 saturated carbocycles. The summed E-state index contributed by atoms with van der Waals surface area (Å²) < 4.78 is 68.6. The SMILES string of the molecule is O=S(=O)(O)CCC(OC1CCCCO1)c1ccc(F)cc1F. The molecule has 0 aromatic heterocycles. The maximum atomic E-state index is 13.9. The molecule has 2 unspecified atom stereocenters. The highest BCUT2D eigenvalue weighted by Crippen LogP contribution is 2.29. The van der Waals surface area contributed by atoms with Gasteiger partial charge >= 0.3 is 0 Å². The van der Waals surface area contributed by atoms with Gasteiger partial charge in [-0.3, -0.25) is 4.55 Å². The molecule has 0 aliphatic carbocycles. The van der Waals surface area contributed by atoms with E-state index in [-0.39, 0.29) is 12.0 Å². The lowest BCUT2D eigenvalue weighted by molar-refractivity contribution is -0.190. The van der Waals surface area contributed by atoms with Gasteiger partial charge in [-0.1, -0.05) is 6.07 Å². The van der Waals surface area contributed by atoms with E-state index in [0.29, 0.717) is 19.1 Å². The lowest BCUT2D eigenvalue weighted by atomic mass is 10.1. The molecule has 0 bridgehead atoms. The van der Waals surface area contributed by atoms with E-state index in [1.807, 2.05) is 0 Å². The molecule has 1 saturated heterocycles. The second kappa shape index (κ2) is 7.45. The van der Waals surface area contributed by atoms with Crippen molar-refractivity contribution < 1.29 is 31.2 Å². The fourth-order valence-electron chi connectivity index (χ4n) is 2.32. The molecule has 1 aliphatic heterocycles. The van der Waals surface area contributed by atoms with Gasteiger partial charge in [0.05, 0.1) is 11.9 Å². The summed E-state index contributed by atoms with van der Waals surface area (Å²) in [7, 11) is -4.21. The predicted octanol–water partition coefficient (Wildman–Crippen LogP) is 2.83. The highest BCUT2D eigenvalue weighted by atomic mass is 32.2. The van der Waals surface area contributed by atoms with Crippen molar-refractivity contribution in [2.45, 2.75) is 38.1 Å². The molecule has 1 aromatic rings. The fourth-order valence-corrected chi connectivity index (χ4v) is 2.83. The number of halogens is 2. The van der Waals surface area contributed by atoms with Gasteiger partial charge in [0.2, 0.25) is 0 Å². The van der Waals surface area contributed by atoms with Crippen LogP contribution in [0.15, 0.2) is 18.2 Å². The molecule has 8 heteroatoms. The Morgan fingerprint density at radius 1 is 1.36 bits per heavy atom. The standard InChI is InChI=1S/C14H18F2O5S/c15-10-4-5-11(12(16)9-10)13(6-8-22(17,18)19)21-14-3-1-2-7-20-14/h4-5,9,13-14H,1-3,6-8H2,(H,17,18,19). The molecule has 2 atom stereocenters. The van der Waals surface area contributed by atoms with Crippen LogP contribution in [0.5, 0.6) is 0 Å². The first-order valence-electron chi connectivity index (χ1n) is 7.02. The van der Waals surface area contributed by atoms with E-state index in [1.165, 1.54) is 6.07 Å². The highest BCUT2D eigenvalue weighted by Gasteiger charge is 2.25. The van der Waals surface area contributed by atoms with Crippen LogP contribution in [0.25, 0.3) is 0 Å². The first-order valence-corrected chi connectivity index (χ1v) is 8.63. The predicted molar refractivity (Wildman–Crippen MR) is 74.8 cm³/mol. The summed E-state index contributed by atoms with van der Waals surface area (Å²) in [5, 5.41) is 0. The van der Waals surface area contributed by atoms with E-state index in [2.05, 4.69) is 0 Å². The molecular weight excluding hydrogens is 318 g/mol. The maximum absolute atomic E-state index is 13.9. The van der Waals surface area contributed by atoms with Crippen LogP contribution < -0.4 is 0 Å². The summed E-state index contributed by atoms with van der Waals surface area (Å²) in [6.45, 7) is 0.515. The number of benzene rings is 1. The first-order chi connectivity index (χ1) is 10.3. The third kappa shape index (κ3) is 5.28. The number of hydrogen-bond donors (Lipinski definition) is 1. The minimum atomic E-state index is -4.21. The fraction of sp³-hybridized carbons (Fsp3) is 0.571. The summed E-state index contributed by atoms with van der Waals surface area (Å²) in [5.41, 5.74) is 0.0409. The smallest absolute Gasteiger partial charge is 0.264 e. The Morgan fingerprint density at radius 2 is 2.14 bits per heavy atom. The van der Waals surface area contributed by atoms with Crippen molar-refractivity contribution in [3.8, 4) is 0 Å². The van der Waals surface area contributed by atoms with E-state index in [1.54, 1.807) is 0 Å². The van der Waals surface area contributed by atoms with Crippen LogP contribution in [0.1, 0.15) is 37.4 Å². The molecular formula is C14H18F2O5S. The van der Waals surface area contributed by atoms with Crippen LogP contribution in [0.3, 0.4) is 0 Å². The summed E-state index contributed by atoms with van der Waals surface area (Å²) >= 11 is 0. The Kier molecular flexibility index (Phi) is 5.85. The quantitative estimate of drug-likeness (QED) is 0.809. The minimum absolute atomic E-state index is 0.0409. The number of ether oxygens (including phenoxy) is 2. The molecule has 1 aliphatic rings. The Balaban J connectivity index is 2.15. The van der Waals surface area contributed by atoms with Crippen molar-refractivity contribution in [1.29, 1.82) is 0 Å². The average Bonchev–Trinajstić information content (AvgIpc) is 2.44. The van der Waals surface area contributed by atoms with Crippen LogP contribution >= 0.6 is 0 Å². The van der Waals surface area contributed by atoms with Gasteiger partial charge in [-0.25, -0.2) is 8.78 Å². The van der Waals surface area contributed by atoms with Crippen molar-refractivity contribution in [2.75, 3.05) is 12.4 Å². The summed E-state index contributed by atoms with van der Waals surface area (Å²) in [6, 6.07) is 2.99. The second-order valence-electron chi connectivity index (χ2n) is 5.16. The Morgan fingerprint density at radius 3 is 2.73 bits per heavy atom. The molecule has 1 heterocycles. The van der Waals surface area contributed by atoms with Gasteiger partial charge in [0, 0.05) is 18.2 Å². The first kappa shape index (κ1) is 17.3. The average molecular weight is 336 g/mol. The Bertz CT molecular complexity index is 599. The molecule has 2 rings (SSSR count). The van der Waals surface area contributed by atoms with E-state index < -0.39 is 39.9 Å². The Hall–Kier alpha value is -1.09. The van der Waals surface area contributed by atoms with Gasteiger partial charge in [-0.2, -0.15) is 8.42 Å². The molecule has 1 fully saturated rings.